The fraction of sp³-hybridized carbons (Fsp3) is 0.278. The molecule has 1 aromatic carbocycles. The van der Waals surface area contributed by atoms with Gasteiger partial charge in [0.25, 0.3) is 11.8 Å². The van der Waals surface area contributed by atoms with E-state index in [9.17, 15) is 9.59 Å². The molecule has 6 nitrogen and oxygen atoms in total. The first-order chi connectivity index (χ1) is 11.6. The second-order valence-electron chi connectivity index (χ2n) is 5.69. The van der Waals surface area contributed by atoms with E-state index in [2.05, 4.69) is 15.6 Å². The van der Waals surface area contributed by atoms with Crippen LogP contribution >= 0.6 is 0 Å². The Bertz CT molecular complexity index is 737. The Morgan fingerprint density at radius 3 is 2.42 bits per heavy atom. The molecule has 124 valence electrons. The second kappa shape index (κ2) is 7.23. The van der Waals surface area contributed by atoms with Crippen LogP contribution in [0.15, 0.2) is 42.5 Å². The van der Waals surface area contributed by atoms with E-state index in [4.69, 9.17) is 4.74 Å². The largest absolute Gasteiger partial charge is 0.368 e. The van der Waals surface area contributed by atoms with Crippen molar-refractivity contribution in [1.29, 1.82) is 0 Å². The minimum Gasteiger partial charge on any atom is -0.368 e. The van der Waals surface area contributed by atoms with Crippen molar-refractivity contribution < 1.29 is 14.3 Å². The molecule has 1 aliphatic heterocycles. The summed E-state index contributed by atoms with van der Waals surface area (Å²) in [5, 5.41) is 5.60. The summed E-state index contributed by atoms with van der Waals surface area (Å²) >= 11 is 0. The molecule has 24 heavy (non-hydrogen) atoms. The predicted octanol–water partition coefficient (Wildman–Crippen LogP) is 2.76. The first-order valence-electron chi connectivity index (χ1n) is 7.89. The maximum absolute atomic E-state index is 12.1. The van der Waals surface area contributed by atoms with Crippen molar-refractivity contribution in [3.05, 3.63) is 53.9 Å². The average Bonchev–Trinajstić information content (AvgIpc) is 3.11. The monoisotopic (exact) mass is 325 g/mol. The lowest BCUT2D eigenvalue weighted by atomic mass is 10.2. The summed E-state index contributed by atoms with van der Waals surface area (Å²) in [4.78, 5) is 28.3. The van der Waals surface area contributed by atoms with E-state index in [0.717, 1.165) is 18.5 Å². The summed E-state index contributed by atoms with van der Waals surface area (Å²) in [7, 11) is 0. The number of aryl methyl sites for hydroxylation is 1. The molecule has 2 aromatic rings. The van der Waals surface area contributed by atoms with E-state index in [1.165, 1.54) is 0 Å². The van der Waals surface area contributed by atoms with E-state index >= 15 is 0 Å². The van der Waals surface area contributed by atoms with Crippen LogP contribution in [0.2, 0.25) is 0 Å². The Hall–Kier alpha value is -2.73. The van der Waals surface area contributed by atoms with Gasteiger partial charge >= 0.3 is 0 Å². The number of carbonyl (C=O) groups is 2. The Kier molecular flexibility index (Phi) is 4.86. The van der Waals surface area contributed by atoms with Crippen LogP contribution in [0.4, 0.5) is 11.4 Å². The molecule has 1 saturated heterocycles. The smallest absolute Gasteiger partial charge is 0.274 e. The normalized spacial score (nSPS) is 16.6. The van der Waals surface area contributed by atoms with Gasteiger partial charge in [0.05, 0.1) is 0 Å². The Morgan fingerprint density at radius 2 is 1.79 bits per heavy atom. The van der Waals surface area contributed by atoms with Gasteiger partial charge in [-0.3, -0.25) is 9.59 Å². The van der Waals surface area contributed by atoms with Crippen molar-refractivity contribution in [2.24, 2.45) is 0 Å². The predicted molar refractivity (Wildman–Crippen MR) is 91.0 cm³/mol. The van der Waals surface area contributed by atoms with Crippen LogP contribution in [0.5, 0.6) is 0 Å². The molecule has 0 radical (unpaired) electrons. The Labute approximate surface area is 140 Å². The third-order valence-electron chi connectivity index (χ3n) is 3.75. The molecule has 2 N–H and O–H groups in total. The number of benzene rings is 1. The molecule has 1 atom stereocenters. The number of hydrogen-bond acceptors (Lipinski definition) is 4. The number of aromatic nitrogens is 1. The van der Waals surface area contributed by atoms with Crippen LogP contribution in [0, 0.1) is 6.92 Å². The topological polar surface area (TPSA) is 80.3 Å². The highest BCUT2D eigenvalue weighted by molar-refractivity contribution is 6.03. The minimum atomic E-state index is -0.364. The molecule has 2 amide bonds. The number of pyridine rings is 1. The van der Waals surface area contributed by atoms with E-state index in [1.54, 1.807) is 36.4 Å². The number of nitrogens with zero attached hydrogens (tertiary/aromatic N) is 1. The Balaban J connectivity index is 1.60. The van der Waals surface area contributed by atoms with Gasteiger partial charge in [0.15, 0.2) is 0 Å². The van der Waals surface area contributed by atoms with Crippen LogP contribution in [-0.2, 0) is 9.53 Å². The first kappa shape index (κ1) is 16.1. The SMILES string of the molecule is Cc1cccc(C(=O)Nc2ccc(NC(=O)[C@@H]3CCCO3)cc2)n1. The van der Waals surface area contributed by atoms with E-state index < -0.39 is 0 Å². The number of carbonyl (C=O) groups excluding carboxylic acids is 2. The van der Waals surface area contributed by atoms with E-state index in [-0.39, 0.29) is 17.9 Å². The zero-order valence-corrected chi connectivity index (χ0v) is 13.4. The van der Waals surface area contributed by atoms with Gasteiger partial charge < -0.3 is 15.4 Å². The second-order valence-corrected chi connectivity index (χ2v) is 5.69. The van der Waals surface area contributed by atoms with Crippen LogP contribution in [0.3, 0.4) is 0 Å². The van der Waals surface area contributed by atoms with Crippen LogP contribution in [0.1, 0.15) is 29.0 Å². The van der Waals surface area contributed by atoms with Gasteiger partial charge in [-0.25, -0.2) is 4.98 Å². The van der Waals surface area contributed by atoms with Crippen molar-refractivity contribution in [3.8, 4) is 0 Å². The number of hydrogen-bond donors (Lipinski definition) is 2. The summed E-state index contributed by atoms with van der Waals surface area (Å²) in [6.07, 6.45) is 1.30. The molecule has 0 aliphatic carbocycles. The lowest BCUT2D eigenvalue weighted by Gasteiger charge is -2.11. The number of amides is 2. The minimum absolute atomic E-state index is 0.131. The molecular formula is C18H19N3O3. The molecule has 1 aromatic heterocycles. The summed E-state index contributed by atoms with van der Waals surface area (Å²) < 4.78 is 5.35. The summed E-state index contributed by atoms with van der Waals surface area (Å²) in [6, 6.07) is 12.2. The van der Waals surface area contributed by atoms with Crippen molar-refractivity contribution in [3.63, 3.8) is 0 Å². The zero-order chi connectivity index (χ0) is 16.9. The highest BCUT2D eigenvalue weighted by Gasteiger charge is 2.23. The lowest BCUT2D eigenvalue weighted by molar-refractivity contribution is -0.124. The summed E-state index contributed by atoms with van der Waals surface area (Å²) in [5.74, 6) is -0.400. The summed E-state index contributed by atoms with van der Waals surface area (Å²) in [5.41, 5.74) is 2.46. The molecule has 1 fully saturated rings. The average molecular weight is 325 g/mol. The molecule has 1 aliphatic rings. The fourth-order valence-corrected chi connectivity index (χ4v) is 2.51. The molecule has 0 saturated carbocycles. The number of nitrogens with one attached hydrogen (secondary N) is 2. The van der Waals surface area contributed by atoms with Gasteiger partial charge in [0, 0.05) is 23.7 Å². The molecule has 6 heteroatoms. The quantitative estimate of drug-likeness (QED) is 0.906. The fourth-order valence-electron chi connectivity index (χ4n) is 2.51. The molecule has 0 unspecified atom stereocenters. The number of ether oxygens (including phenoxy) is 1. The van der Waals surface area contributed by atoms with Crippen LogP contribution in [-0.4, -0.2) is 29.5 Å². The standard InChI is InChI=1S/C18H19N3O3/c1-12-4-2-5-15(19-12)17(22)20-13-7-9-14(10-8-13)21-18(23)16-6-3-11-24-16/h2,4-5,7-10,16H,3,6,11H2,1H3,(H,20,22)(H,21,23)/t16-/m0/s1. The van der Waals surface area contributed by atoms with Crippen LogP contribution < -0.4 is 10.6 Å². The highest BCUT2D eigenvalue weighted by Crippen LogP contribution is 2.17. The molecule has 2 heterocycles. The van der Waals surface area contributed by atoms with Gasteiger partial charge in [-0.1, -0.05) is 6.07 Å². The van der Waals surface area contributed by atoms with E-state index in [1.807, 2.05) is 13.0 Å². The molecule has 0 spiro atoms. The highest BCUT2D eigenvalue weighted by atomic mass is 16.5. The first-order valence-corrected chi connectivity index (χ1v) is 7.89. The number of anilines is 2. The molecular weight excluding hydrogens is 306 g/mol. The molecule has 0 bridgehead atoms. The van der Waals surface area contributed by atoms with E-state index in [0.29, 0.717) is 23.7 Å². The van der Waals surface area contributed by atoms with Crippen molar-refractivity contribution in [1.82, 2.24) is 4.98 Å². The maximum atomic E-state index is 12.1. The Morgan fingerprint density at radius 1 is 1.08 bits per heavy atom. The third-order valence-corrected chi connectivity index (χ3v) is 3.75. The van der Waals surface area contributed by atoms with Gasteiger partial charge in [-0.2, -0.15) is 0 Å². The number of rotatable bonds is 4. The third kappa shape index (κ3) is 3.97. The van der Waals surface area contributed by atoms with Gasteiger partial charge in [-0.15, -0.1) is 0 Å². The van der Waals surface area contributed by atoms with Crippen molar-refractivity contribution in [2.45, 2.75) is 25.9 Å². The molecule has 3 rings (SSSR count). The van der Waals surface area contributed by atoms with Crippen molar-refractivity contribution in [2.75, 3.05) is 17.2 Å². The van der Waals surface area contributed by atoms with Crippen LogP contribution in [0.25, 0.3) is 0 Å². The van der Waals surface area contributed by atoms with Gasteiger partial charge in [0.1, 0.15) is 11.8 Å². The maximum Gasteiger partial charge on any atom is 0.274 e. The lowest BCUT2D eigenvalue weighted by Crippen LogP contribution is -2.26. The van der Waals surface area contributed by atoms with Gasteiger partial charge in [0.2, 0.25) is 0 Å². The van der Waals surface area contributed by atoms with Gasteiger partial charge in [-0.05, 0) is 56.2 Å². The summed E-state index contributed by atoms with van der Waals surface area (Å²) in [6.45, 7) is 2.47. The van der Waals surface area contributed by atoms with Crippen molar-refractivity contribution >= 4 is 23.2 Å². The zero-order valence-electron chi connectivity index (χ0n) is 13.4.